The van der Waals surface area contributed by atoms with Crippen LogP contribution in [0.4, 0.5) is 0 Å². The van der Waals surface area contributed by atoms with E-state index in [-0.39, 0.29) is 16.4 Å². The second-order valence-corrected chi connectivity index (χ2v) is 13.5. The quantitative estimate of drug-likeness (QED) is 0.248. The summed E-state index contributed by atoms with van der Waals surface area (Å²) in [4.78, 5) is 21.1. The van der Waals surface area contributed by atoms with Crippen LogP contribution in [0.2, 0.25) is 0 Å². The highest BCUT2D eigenvalue weighted by molar-refractivity contribution is 6.02. The van der Waals surface area contributed by atoms with Gasteiger partial charge in [0.15, 0.2) is 0 Å². The van der Waals surface area contributed by atoms with Crippen molar-refractivity contribution in [3.8, 4) is 11.1 Å². The molecule has 0 saturated carbocycles. The largest absolute Gasteiger partial charge is 0.344 e. The molecule has 200 valence electrons. The molecule has 39 heavy (non-hydrogen) atoms. The molecule has 6 rings (SSSR count). The lowest BCUT2D eigenvalue weighted by atomic mass is 9.77. The molecule has 0 unspecified atom stereocenters. The summed E-state index contributed by atoms with van der Waals surface area (Å²) in [6.07, 6.45) is 6.44. The second kappa shape index (κ2) is 8.54. The van der Waals surface area contributed by atoms with E-state index in [4.69, 9.17) is 9.97 Å². The predicted octanol–water partition coefficient (Wildman–Crippen LogP) is 8.03. The molecule has 0 fully saturated rings. The first kappa shape index (κ1) is 25.4. The molecule has 3 aromatic carbocycles. The molecule has 6 nitrogen and oxygen atoms in total. The van der Waals surface area contributed by atoms with Crippen LogP contribution in [0.5, 0.6) is 0 Å². The highest BCUT2D eigenvalue weighted by Crippen LogP contribution is 2.40. The van der Waals surface area contributed by atoms with Gasteiger partial charge in [0.25, 0.3) is 0 Å². The lowest BCUT2D eigenvalue weighted by Gasteiger charge is -2.27. The zero-order valence-corrected chi connectivity index (χ0v) is 24.3. The number of benzene rings is 3. The van der Waals surface area contributed by atoms with Crippen LogP contribution in [0.3, 0.4) is 0 Å². The Balaban J connectivity index is 1.46. The maximum Gasteiger partial charge on any atom is 0.0964 e. The Morgan fingerprint density at radius 3 is 2.23 bits per heavy atom. The molecule has 0 bridgehead atoms. The summed E-state index contributed by atoms with van der Waals surface area (Å²) in [6, 6.07) is 15.5. The summed E-state index contributed by atoms with van der Waals surface area (Å²) < 4.78 is 2.27. The average molecular weight is 519 g/mol. The maximum atomic E-state index is 4.85. The Morgan fingerprint density at radius 2 is 1.49 bits per heavy atom. The van der Waals surface area contributed by atoms with E-state index in [1.165, 1.54) is 22.2 Å². The molecule has 0 aliphatic rings. The zero-order valence-electron chi connectivity index (χ0n) is 24.3. The van der Waals surface area contributed by atoms with Gasteiger partial charge in [-0.25, -0.2) is 15.0 Å². The van der Waals surface area contributed by atoms with Crippen molar-refractivity contribution in [2.75, 3.05) is 0 Å². The first-order valence-electron chi connectivity index (χ1n) is 13.7. The third-order valence-corrected chi connectivity index (χ3v) is 8.01. The molecule has 3 aromatic heterocycles. The van der Waals surface area contributed by atoms with E-state index in [9.17, 15) is 0 Å². The van der Waals surface area contributed by atoms with Gasteiger partial charge in [0.05, 0.1) is 52.1 Å². The minimum Gasteiger partial charge on any atom is -0.344 e. The highest BCUT2D eigenvalue weighted by Gasteiger charge is 2.28. The number of para-hydroxylation sites is 1. The number of hydrogen-bond acceptors (Lipinski definition) is 3. The fraction of sp³-hybridized carbons (Fsp3) is 0.364. The number of H-pyrrole nitrogens is 2. The van der Waals surface area contributed by atoms with Crippen molar-refractivity contribution in [2.24, 2.45) is 0 Å². The van der Waals surface area contributed by atoms with Crippen molar-refractivity contribution in [1.29, 1.82) is 0 Å². The standard InChI is InChI=1S/C33H38N6/c1-31(2,3)21-14-23(28-25(15-21)34-17-35-28)22-12-13-24(30-29(22)36-18-37-30)33(7,8)16-20-10-9-11-26-27(20)38-19-39(26)32(4,5)6/h9-15,17-19H,16H2,1-8H3,(H,34,35)(H,36,37). The monoisotopic (exact) mass is 518 g/mol. The van der Waals surface area contributed by atoms with E-state index < -0.39 is 0 Å². The van der Waals surface area contributed by atoms with Crippen molar-refractivity contribution in [1.82, 2.24) is 29.5 Å². The molecule has 0 radical (unpaired) electrons. The summed E-state index contributed by atoms with van der Waals surface area (Å²) in [5.41, 5.74) is 12.2. The summed E-state index contributed by atoms with van der Waals surface area (Å²) in [7, 11) is 0. The van der Waals surface area contributed by atoms with Crippen molar-refractivity contribution >= 4 is 33.1 Å². The molecule has 0 aliphatic carbocycles. The number of imidazole rings is 3. The van der Waals surface area contributed by atoms with Crippen molar-refractivity contribution in [2.45, 2.75) is 78.2 Å². The molecule has 0 aliphatic heterocycles. The van der Waals surface area contributed by atoms with E-state index in [1.54, 1.807) is 6.33 Å². The molecular weight excluding hydrogens is 480 g/mol. The van der Waals surface area contributed by atoms with E-state index in [2.05, 4.69) is 117 Å². The van der Waals surface area contributed by atoms with Gasteiger partial charge in [-0.3, -0.25) is 0 Å². The molecule has 0 spiro atoms. The molecule has 6 aromatic rings. The lowest BCUT2D eigenvalue weighted by Crippen LogP contribution is -2.22. The fourth-order valence-electron chi connectivity index (χ4n) is 5.85. The maximum absolute atomic E-state index is 4.85. The minimum atomic E-state index is -0.153. The molecule has 3 heterocycles. The fourth-order valence-corrected chi connectivity index (χ4v) is 5.85. The van der Waals surface area contributed by atoms with Crippen molar-refractivity contribution < 1.29 is 0 Å². The Kier molecular flexibility index (Phi) is 5.55. The number of aromatic amines is 2. The van der Waals surface area contributed by atoms with Crippen LogP contribution in [-0.2, 0) is 22.8 Å². The van der Waals surface area contributed by atoms with Gasteiger partial charge in [-0.2, -0.15) is 0 Å². The Morgan fingerprint density at radius 1 is 0.744 bits per heavy atom. The van der Waals surface area contributed by atoms with Crippen LogP contribution in [0.25, 0.3) is 44.2 Å². The van der Waals surface area contributed by atoms with Gasteiger partial charge in [0.1, 0.15) is 0 Å². The van der Waals surface area contributed by atoms with Gasteiger partial charge in [0.2, 0.25) is 0 Å². The van der Waals surface area contributed by atoms with E-state index in [0.717, 1.165) is 45.1 Å². The Bertz CT molecular complexity index is 1830. The average Bonchev–Trinajstić information content (AvgIpc) is 3.60. The Labute approximate surface area is 229 Å². The second-order valence-electron chi connectivity index (χ2n) is 13.5. The summed E-state index contributed by atoms with van der Waals surface area (Å²) in [6.45, 7) is 18.0. The highest BCUT2D eigenvalue weighted by atomic mass is 15.1. The van der Waals surface area contributed by atoms with Gasteiger partial charge in [-0.1, -0.05) is 58.9 Å². The van der Waals surface area contributed by atoms with E-state index in [1.807, 2.05) is 12.7 Å². The SMILES string of the molecule is CC(C)(C)c1cc(-c2ccc(C(C)(C)Cc3cccc4c3ncn4C(C)(C)C)c3[nH]cnc23)c2[nH]cnc2c1. The number of aromatic nitrogens is 6. The lowest BCUT2D eigenvalue weighted by molar-refractivity contribution is 0.408. The van der Waals surface area contributed by atoms with E-state index >= 15 is 0 Å². The number of hydrogen-bond donors (Lipinski definition) is 2. The molecule has 2 N–H and O–H groups in total. The van der Waals surface area contributed by atoms with Crippen LogP contribution in [0.15, 0.2) is 61.4 Å². The molecule has 6 heteroatoms. The van der Waals surface area contributed by atoms with Crippen LogP contribution >= 0.6 is 0 Å². The van der Waals surface area contributed by atoms with Gasteiger partial charge in [-0.05, 0) is 72.9 Å². The number of nitrogens with one attached hydrogen (secondary N) is 2. The minimum absolute atomic E-state index is 0.00943. The molecule has 0 atom stereocenters. The number of nitrogens with zero attached hydrogens (tertiary/aromatic N) is 4. The van der Waals surface area contributed by atoms with Crippen molar-refractivity contribution in [3.05, 3.63) is 78.1 Å². The summed E-state index contributed by atoms with van der Waals surface area (Å²) in [5.74, 6) is 0. The van der Waals surface area contributed by atoms with Crippen molar-refractivity contribution in [3.63, 3.8) is 0 Å². The first-order valence-corrected chi connectivity index (χ1v) is 13.7. The van der Waals surface area contributed by atoms with Gasteiger partial charge >= 0.3 is 0 Å². The third kappa shape index (κ3) is 4.22. The summed E-state index contributed by atoms with van der Waals surface area (Å²) in [5, 5.41) is 0. The van der Waals surface area contributed by atoms with Gasteiger partial charge < -0.3 is 14.5 Å². The van der Waals surface area contributed by atoms with Gasteiger partial charge in [0, 0.05) is 16.7 Å². The van der Waals surface area contributed by atoms with Crippen LogP contribution in [0, 0.1) is 0 Å². The van der Waals surface area contributed by atoms with E-state index in [0.29, 0.717) is 0 Å². The smallest absolute Gasteiger partial charge is 0.0964 e. The molecular formula is C33H38N6. The predicted molar refractivity (Wildman–Crippen MR) is 161 cm³/mol. The molecule has 0 amide bonds. The Hall–Kier alpha value is -3.93. The number of fused-ring (bicyclic) bond motifs is 3. The molecule has 0 saturated heterocycles. The first-order chi connectivity index (χ1) is 18.3. The topological polar surface area (TPSA) is 75.2 Å². The van der Waals surface area contributed by atoms with Gasteiger partial charge in [-0.15, -0.1) is 0 Å². The number of rotatable bonds is 4. The normalized spacial score (nSPS) is 13.2. The summed E-state index contributed by atoms with van der Waals surface area (Å²) >= 11 is 0. The van der Waals surface area contributed by atoms with Crippen LogP contribution in [-0.4, -0.2) is 29.5 Å². The zero-order chi connectivity index (χ0) is 27.7. The third-order valence-electron chi connectivity index (χ3n) is 8.01. The van der Waals surface area contributed by atoms with Crippen LogP contribution in [0.1, 0.15) is 72.1 Å². The van der Waals surface area contributed by atoms with Crippen LogP contribution < -0.4 is 0 Å².